The van der Waals surface area contributed by atoms with Crippen molar-refractivity contribution in [3.63, 3.8) is 0 Å². The number of anilines is 1. The minimum atomic E-state index is -0.0410. The van der Waals surface area contributed by atoms with Crippen molar-refractivity contribution in [2.24, 2.45) is 11.1 Å². The van der Waals surface area contributed by atoms with Crippen molar-refractivity contribution in [1.82, 2.24) is 0 Å². The molecule has 0 aliphatic carbocycles. The van der Waals surface area contributed by atoms with Crippen LogP contribution in [0.1, 0.15) is 18.4 Å². The smallest absolute Gasteiger partial charge is 0.232 e. The van der Waals surface area contributed by atoms with E-state index in [-0.39, 0.29) is 11.8 Å². The maximum atomic E-state index is 12.5. The fraction of sp³-hybridized carbons (Fsp3) is 0.429. The van der Waals surface area contributed by atoms with E-state index in [0.29, 0.717) is 31.9 Å². The van der Waals surface area contributed by atoms with Gasteiger partial charge in [0.05, 0.1) is 23.9 Å². The lowest BCUT2D eigenvalue weighted by Crippen LogP contribution is -2.41. The summed E-state index contributed by atoms with van der Waals surface area (Å²) in [6.45, 7) is 1.74. The maximum Gasteiger partial charge on any atom is 0.232 e. The Labute approximate surface area is 111 Å². The molecule has 3 rings (SSSR count). The Kier molecular flexibility index (Phi) is 3.21. The van der Waals surface area contributed by atoms with Gasteiger partial charge in [-0.15, -0.1) is 0 Å². The predicted octanol–water partition coefficient (Wildman–Crippen LogP) is 1.64. The van der Waals surface area contributed by atoms with Gasteiger partial charge in [-0.2, -0.15) is 0 Å². The SMILES string of the molecule is O=C(C1CCOC1)N1CCC(=NO)c2ccccc21. The molecule has 1 fully saturated rings. The highest BCUT2D eigenvalue weighted by molar-refractivity contribution is 6.11. The lowest BCUT2D eigenvalue weighted by Gasteiger charge is -2.31. The number of para-hydroxylation sites is 1. The predicted molar refractivity (Wildman–Crippen MR) is 70.7 cm³/mol. The Morgan fingerprint density at radius 1 is 1.42 bits per heavy atom. The number of rotatable bonds is 1. The van der Waals surface area contributed by atoms with E-state index in [4.69, 9.17) is 9.94 Å². The normalized spacial score (nSPS) is 24.5. The van der Waals surface area contributed by atoms with Gasteiger partial charge in [0.15, 0.2) is 0 Å². The summed E-state index contributed by atoms with van der Waals surface area (Å²) in [5.41, 5.74) is 2.31. The van der Waals surface area contributed by atoms with Gasteiger partial charge in [-0.25, -0.2) is 0 Å². The van der Waals surface area contributed by atoms with Crippen molar-refractivity contribution >= 4 is 17.3 Å². The number of oxime groups is 1. The van der Waals surface area contributed by atoms with Gasteiger partial charge in [0, 0.05) is 25.1 Å². The molecule has 1 amide bonds. The van der Waals surface area contributed by atoms with E-state index in [1.807, 2.05) is 24.3 Å². The zero-order chi connectivity index (χ0) is 13.2. The Hall–Kier alpha value is -1.88. The highest BCUT2D eigenvalue weighted by Gasteiger charge is 2.32. The van der Waals surface area contributed by atoms with Crippen molar-refractivity contribution in [2.75, 3.05) is 24.7 Å². The highest BCUT2D eigenvalue weighted by Crippen LogP contribution is 2.29. The van der Waals surface area contributed by atoms with Gasteiger partial charge in [0.1, 0.15) is 0 Å². The number of carbonyl (C=O) groups excluding carboxylic acids is 1. The van der Waals surface area contributed by atoms with Crippen LogP contribution in [0.4, 0.5) is 5.69 Å². The van der Waals surface area contributed by atoms with Crippen LogP contribution in [-0.4, -0.2) is 36.6 Å². The first kappa shape index (κ1) is 12.2. The van der Waals surface area contributed by atoms with E-state index >= 15 is 0 Å². The molecule has 1 unspecified atom stereocenters. The topological polar surface area (TPSA) is 62.1 Å². The summed E-state index contributed by atoms with van der Waals surface area (Å²) in [4.78, 5) is 14.3. The first-order valence-corrected chi connectivity index (χ1v) is 6.50. The summed E-state index contributed by atoms with van der Waals surface area (Å²) >= 11 is 0. The van der Waals surface area contributed by atoms with Gasteiger partial charge in [-0.05, 0) is 12.5 Å². The van der Waals surface area contributed by atoms with Gasteiger partial charge < -0.3 is 14.8 Å². The van der Waals surface area contributed by atoms with Crippen molar-refractivity contribution in [3.05, 3.63) is 29.8 Å². The highest BCUT2D eigenvalue weighted by atomic mass is 16.5. The quantitative estimate of drug-likeness (QED) is 0.616. The second-order valence-corrected chi connectivity index (χ2v) is 4.86. The first-order chi connectivity index (χ1) is 9.31. The Bertz CT molecular complexity index is 521. The maximum absolute atomic E-state index is 12.5. The molecule has 0 bridgehead atoms. The van der Waals surface area contributed by atoms with Crippen LogP contribution in [-0.2, 0) is 9.53 Å². The molecule has 0 radical (unpaired) electrons. The monoisotopic (exact) mass is 260 g/mol. The minimum absolute atomic E-state index is 0.0410. The molecule has 5 nitrogen and oxygen atoms in total. The third kappa shape index (κ3) is 2.10. The van der Waals surface area contributed by atoms with Crippen LogP contribution in [0, 0.1) is 5.92 Å². The lowest BCUT2D eigenvalue weighted by atomic mass is 9.97. The Morgan fingerprint density at radius 2 is 2.26 bits per heavy atom. The molecular weight excluding hydrogens is 244 g/mol. The molecule has 1 aromatic carbocycles. The third-order valence-electron chi connectivity index (χ3n) is 3.74. The molecule has 0 saturated carbocycles. The van der Waals surface area contributed by atoms with E-state index in [1.54, 1.807) is 4.90 Å². The van der Waals surface area contributed by atoms with Crippen molar-refractivity contribution in [1.29, 1.82) is 0 Å². The van der Waals surface area contributed by atoms with E-state index in [2.05, 4.69) is 5.16 Å². The Balaban J connectivity index is 1.93. The molecule has 1 aromatic rings. The van der Waals surface area contributed by atoms with Crippen molar-refractivity contribution in [3.8, 4) is 0 Å². The number of amides is 1. The molecule has 1 N–H and O–H groups in total. The third-order valence-corrected chi connectivity index (χ3v) is 3.74. The molecule has 2 aliphatic heterocycles. The van der Waals surface area contributed by atoms with E-state index in [1.165, 1.54) is 0 Å². The number of ether oxygens (including phenoxy) is 1. The summed E-state index contributed by atoms with van der Waals surface area (Å²) in [6, 6.07) is 7.56. The molecule has 2 heterocycles. The average Bonchev–Trinajstić information content (AvgIpc) is 2.99. The number of nitrogens with zero attached hydrogens (tertiary/aromatic N) is 2. The summed E-state index contributed by atoms with van der Waals surface area (Å²) in [7, 11) is 0. The van der Waals surface area contributed by atoms with Crippen LogP contribution in [0.25, 0.3) is 0 Å². The van der Waals surface area contributed by atoms with Crippen molar-refractivity contribution in [2.45, 2.75) is 12.8 Å². The number of carbonyl (C=O) groups is 1. The molecule has 5 heteroatoms. The summed E-state index contributed by atoms with van der Waals surface area (Å²) < 4.78 is 5.29. The summed E-state index contributed by atoms with van der Waals surface area (Å²) in [6.07, 6.45) is 1.37. The summed E-state index contributed by atoms with van der Waals surface area (Å²) in [5, 5.41) is 12.4. The zero-order valence-electron chi connectivity index (χ0n) is 10.6. The molecule has 19 heavy (non-hydrogen) atoms. The van der Waals surface area contributed by atoms with E-state index in [9.17, 15) is 4.79 Å². The second kappa shape index (κ2) is 5.01. The fourth-order valence-corrected chi connectivity index (χ4v) is 2.71. The lowest BCUT2D eigenvalue weighted by molar-refractivity contribution is -0.122. The second-order valence-electron chi connectivity index (χ2n) is 4.86. The van der Waals surface area contributed by atoms with Crippen LogP contribution in [0.5, 0.6) is 0 Å². The molecule has 2 aliphatic rings. The van der Waals surface area contributed by atoms with Crippen LogP contribution in [0.15, 0.2) is 29.4 Å². The van der Waals surface area contributed by atoms with Crippen molar-refractivity contribution < 1.29 is 14.7 Å². The Morgan fingerprint density at radius 3 is 3.00 bits per heavy atom. The van der Waals surface area contributed by atoms with Crippen LogP contribution >= 0.6 is 0 Å². The zero-order valence-corrected chi connectivity index (χ0v) is 10.6. The largest absolute Gasteiger partial charge is 0.411 e. The average molecular weight is 260 g/mol. The van der Waals surface area contributed by atoms with Crippen LogP contribution in [0.3, 0.4) is 0 Å². The molecule has 0 spiro atoms. The molecule has 100 valence electrons. The molecule has 0 aromatic heterocycles. The van der Waals surface area contributed by atoms with Crippen LogP contribution in [0.2, 0.25) is 0 Å². The number of benzene rings is 1. The van der Waals surface area contributed by atoms with E-state index < -0.39 is 0 Å². The van der Waals surface area contributed by atoms with Gasteiger partial charge in [-0.3, -0.25) is 4.79 Å². The van der Waals surface area contributed by atoms with Crippen LogP contribution < -0.4 is 4.90 Å². The number of hydrogen-bond acceptors (Lipinski definition) is 4. The van der Waals surface area contributed by atoms with Gasteiger partial charge >= 0.3 is 0 Å². The molecule has 1 saturated heterocycles. The number of fused-ring (bicyclic) bond motifs is 1. The standard InChI is InChI=1S/C14H16N2O3/c17-14(10-6-8-19-9-10)16-7-5-12(15-18)11-3-1-2-4-13(11)16/h1-4,10,18H,5-9H2. The number of hydrogen-bond donors (Lipinski definition) is 1. The van der Waals surface area contributed by atoms with Gasteiger partial charge in [-0.1, -0.05) is 23.4 Å². The summed E-state index contributed by atoms with van der Waals surface area (Å²) in [5.74, 6) is 0.0719. The molecular formula is C14H16N2O3. The van der Waals surface area contributed by atoms with Gasteiger partial charge in [0.25, 0.3) is 0 Å². The minimum Gasteiger partial charge on any atom is -0.411 e. The molecule has 1 atom stereocenters. The van der Waals surface area contributed by atoms with E-state index in [0.717, 1.165) is 17.7 Å². The fourth-order valence-electron chi connectivity index (χ4n) is 2.71. The first-order valence-electron chi connectivity index (χ1n) is 6.50. The van der Waals surface area contributed by atoms with Gasteiger partial charge in [0.2, 0.25) is 5.91 Å².